The van der Waals surface area contributed by atoms with Crippen LogP contribution in [0.5, 0.6) is 0 Å². The molecule has 0 heterocycles. The SMILES string of the molecule is Cc1ccc(C(CC2CC2)NC(N)=S)cc1. The second-order valence-electron chi connectivity index (χ2n) is 4.65. The zero-order valence-electron chi connectivity index (χ0n) is 9.57. The zero-order chi connectivity index (χ0) is 11.5. The first kappa shape index (κ1) is 11.4. The Bertz CT molecular complexity index is 368. The fourth-order valence-corrected chi connectivity index (χ4v) is 2.08. The Morgan fingerprint density at radius 2 is 2.06 bits per heavy atom. The summed E-state index contributed by atoms with van der Waals surface area (Å²) in [7, 11) is 0. The topological polar surface area (TPSA) is 38.0 Å². The van der Waals surface area contributed by atoms with Crippen LogP contribution in [0.15, 0.2) is 24.3 Å². The average Bonchev–Trinajstić information content (AvgIpc) is 3.01. The Kier molecular flexibility index (Phi) is 3.44. The molecule has 1 aliphatic carbocycles. The number of nitrogens with one attached hydrogen (secondary N) is 1. The molecule has 0 aromatic heterocycles. The fourth-order valence-electron chi connectivity index (χ4n) is 1.94. The van der Waals surface area contributed by atoms with Crippen molar-refractivity contribution in [3.05, 3.63) is 35.4 Å². The molecule has 1 unspecified atom stereocenters. The van der Waals surface area contributed by atoms with Crippen LogP contribution in [0.1, 0.15) is 36.4 Å². The Hall–Kier alpha value is -1.09. The molecule has 16 heavy (non-hydrogen) atoms. The van der Waals surface area contributed by atoms with Gasteiger partial charge in [-0.15, -0.1) is 0 Å². The van der Waals surface area contributed by atoms with Gasteiger partial charge in [0.05, 0.1) is 6.04 Å². The monoisotopic (exact) mass is 234 g/mol. The maximum Gasteiger partial charge on any atom is 0.164 e. The normalized spacial score (nSPS) is 16.8. The summed E-state index contributed by atoms with van der Waals surface area (Å²) in [5, 5.41) is 3.59. The van der Waals surface area contributed by atoms with E-state index in [4.69, 9.17) is 18.0 Å². The van der Waals surface area contributed by atoms with Crippen molar-refractivity contribution in [3.8, 4) is 0 Å². The van der Waals surface area contributed by atoms with E-state index in [-0.39, 0.29) is 6.04 Å². The van der Waals surface area contributed by atoms with Gasteiger partial charge in [-0.2, -0.15) is 0 Å². The number of aryl methyl sites for hydroxylation is 1. The molecule has 0 amide bonds. The summed E-state index contributed by atoms with van der Waals surface area (Å²) in [4.78, 5) is 0. The molecule has 2 nitrogen and oxygen atoms in total. The van der Waals surface area contributed by atoms with Gasteiger partial charge in [0.25, 0.3) is 0 Å². The van der Waals surface area contributed by atoms with Gasteiger partial charge in [0.15, 0.2) is 5.11 Å². The molecule has 0 saturated heterocycles. The standard InChI is InChI=1S/C13H18N2S/c1-9-2-6-11(7-3-9)12(15-13(14)16)8-10-4-5-10/h2-3,6-7,10,12H,4-5,8H2,1H3,(H3,14,15,16). The molecular weight excluding hydrogens is 216 g/mol. The first-order chi connectivity index (χ1) is 7.65. The Morgan fingerprint density at radius 1 is 1.44 bits per heavy atom. The van der Waals surface area contributed by atoms with Gasteiger partial charge in [0, 0.05) is 0 Å². The third-order valence-corrected chi connectivity index (χ3v) is 3.18. The van der Waals surface area contributed by atoms with E-state index in [2.05, 4.69) is 36.5 Å². The predicted molar refractivity (Wildman–Crippen MR) is 71.2 cm³/mol. The average molecular weight is 234 g/mol. The van der Waals surface area contributed by atoms with E-state index in [1.165, 1.54) is 24.0 Å². The van der Waals surface area contributed by atoms with Crippen molar-refractivity contribution in [1.82, 2.24) is 5.32 Å². The summed E-state index contributed by atoms with van der Waals surface area (Å²) >= 11 is 4.94. The molecule has 3 N–H and O–H groups in total. The lowest BCUT2D eigenvalue weighted by molar-refractivity contribution is 0.549. The third kappa shape index (κ3) is 3.20. The van der Waals surface area contributed by atoms with Crippen LogP contribution in [0.4, 0.5) is 0 Å². The lowest BCUT2D eigenvalue weighted by Crippen LogP contribution is -2.33. The van der Waals surface area contributed by atoms with Crippen LogP contribution in [0, 0.1) is 12.8 Å². The minimum atomic E-state index is 0.283. The van der Waals surface area contributed by atoms with Crippen molar-refractivity contribution in [1.29, 1.82) is 0 Å². The van der Waals surface area contributed by atoms with Crippen molar-refractivity contribution in [3.63, 3.8) is 0 Å². The molecule has 1 saturated carbocycles. The Labute approximate surface area is 102 Å². The van der Waals surface area contributed by atoms with Crippen molar-refractivity contribution in [2.45, 2.75) is 32.2 Å². The number of thiocarbonyl (C=S) groups is 1. The van der Waals surface area contributed by atoms with Gasteiger partial charge >= 0.3 is 0 Å². The molecule has 0 radical (unpaired) electrons. The van der Waals surface area contributed by atoms with Gasteiger partial charge in [-0.25, -0.2) is 0 Å². The maximum absolute atomic E-state index is 5.58. The molecule has 86 valence electrons. The van der Waals surface area contributed by atoms with Gasteiger partial charge in [-0.3, -0.25) is 0 Å². The van der Waals surface area contributed by atoms with Gasteiger partial charge < -0.3 is 11.1 Å². The van der Waals surface area contributed by atoms with E-state index in [0.29, 0.717) is 5.11 Å². The van der Waals surface area contributed by atoms with Crippen LogP contribution in [0.3, 0.4) is 0 Å². The number of rotatable bonds is 4. The van der Waals surface area contributed by atoms with E-state index in [0.717, 1.165) is 12.3 Å². The second-order valence-corrected chi connectivity index (χ2v) is 5.09. The molecule has 1 aromatic rings. The zero-order valence-corrected chi connectivity index (χ0v) is 10.4. The summed E-state index contributed by atoms with van der Waals surface area (Å²) in [6, 6.07) is 8.87. The smallest absolute Gasteiger partial charge is 0.164 e. The molecule has 1 aliphatic rings. The summed E-state index contributed by atoms with van der Waals surface area (Å²) in [6.07, 6.45) is 3.84. The molecule has 0 bridgehead atoms. The second kappa shape index (κ2) is 4.83. The Balaban J connectivity index is 2.09. The minimum absolute atomic E-state index is 0.283. The minimum Gasteiger partial charge on any atom is -0.376 e. The largest absolute Gasteiger partial charge is 0.376 e. The highest BCUT2D eigenvalue weighted by Crippen LogP contribution is 2.37. The molecule has 2 rings (SSSR count). The lowest BCUT2D eigenvalue weighted by atomic mass is 10.0. The molecule has 3 heteroatoms. The first-order valence-electron chi connectivity index (χ1n) is 5.77. The number of hydrogen-bond acceptors (Lipinski definition) is 1. The summed E-state index contributed by atoms with van der Waals surface area (Å²) < 4.78 is 0. The van der Waals surface area contributed by atoms with Crippen LogP contribution < -0.4 is 11.1 Å². The van der Waals surface area contributed by atoms with Gasteiger partial charge in [-0.05, 0) is 37.0 Å². The van der Waals surface area contributed by atoms with Crippen LogP contribution >= 0.6 is 12.2 Å². The fraction of sp³-hybridized carbons (Fsp3) is 0.462. The molecule has 1 aromatic carbocycles. The number of hydrogen-bond donors (Lipinski definition) is 2. The van der Waals surface area contributed by atoms with Crippen molar-refractivity contribution in [2.24, 2.45) is 11.7 Å². The van der Waals surface area contributed by atoms with E-state index in [9.17, 15) is 0 Å². The molecule has 1 atom stereocenters. The van der Waals surface area contributed by atoms with Crippen LogP contribution in [0.2, 0.25) is 0 Å². The highest BCUT2D eigenvalue weighted by molar-refractivity contribution is 7.80. The van der Waals surface area contributed by atoms with Crippen LogP contribution in [-0.2, 0) is 0 Å². The molecule has 0 spiro atoms. The van der Waals surface area contributed by atoms with Crippen molar-refractivity contribution < 1.29 is 0 Å². The van der Waals surface area contributed by atoms with E-state index in [1.807, 2.05) is 0 Å². The third-order valence-electron chi connectivity index (χ3n) is 3.06. The van der Waals surface area contributed by atoms with Crippen LogP contribution in [-0.4, -0.2) is 5.11 Å². The van der Waals surface area contributed by atoms with E-state index in [1.54, 1.807) is 0 Å². The first-order valence-corrected chi connectivity index (χ1v) is 6.18. The maximum atomic E-state index is 5.58. The molecular formula is C13H18N2S. The van der Waals surface area contributed by atoms with Crippen molar-refractivity contribution >= 4 is 17.3 Å². The highest BCUT2D eigenvalue weighted by Gasteiger charge is 2.26. The van der Waals surface area contributed by atoms with Gasteiger partial charge in [0.1, 0.15) is 0 Å². The van der Waals surface area contributed by atoms with Gasteiger partial charge in [-0.1, -0.05) is 42.7 Å². The van der Waals surface area contributed by atoms with Crippen molar-refractivity contribution in [2.75, 3.05) is 0 Å². The number of nitrogens with two attached hydrogens (primary N) is 1. The highest BCUT2D eigenvalue weighted by atomic mass is 32.1. The Morgan fingerprint density at radius 3 is 2.56 bits per heavy atom. The molecule has 0 aliphatic heterocycles. The molecule has 1 fully saturated rings. The summed E-state index contributed by atoms with van der Waals surface area (Å²) in [5.74, 6) is 0.855. The quantitative estimate of drug-likeness (QED) is 0.787. The van der Waals surface area contributed by atoms with E-state index < -0.39 is 0 Å². The van der Waals surface area contributed by atoms with E-state index >= 15 is 0 Å². The summed E-state index contributed by atoms with van der Waals surface area (Å²) in [6.45, 7) is 2.10. The van der Waals surface area contributed by atoms with Crippen LogP contribution in [0.25, 0.3) is 0 Å². The number of benzene rings is 1. The summed E-state index contributed by atoms with van der Waals surface area (Å²) in [5.41, 5.74) is 8.14. The lowest BCUT2D eigenvalue weighted by Gasteiger charge is -2.19. The van der Waals surface area contributed by atoms with Gasteiger partial charge in [0.2, 0.25) is 0 Å². The predicted octanol–water partition coefficient (Wildman–Crippen LogP) is 2.67.